The molecule has 4 rings (SSSR count). The van der Waals surface area contributed by atoms with Crippen LogP contribution >= 0.6 is 23.1 Å². The summed E-state index contributed by atoms with van der Waals surface area (Å²) in [6, 6.07) is 7.15. The number of benzene rings is 1. The van der Waals surface area contributed by atoms with E-state index in [1.807, 2.05) is 6.92 Å². The molecule has 0 atom stereocenters. The first kappa shape index (κ1) is 22.0. The molecule has 0 amide bonds. The topological polar surface area (TPSA) is 70.4 Å². The van der Waals surface area contributed by atoms with Crippen molar-refractivity contribution in [1.82, 2.24) is 9.55 Å². The minimum absolute atomic E-state index is 0.00819. The van der Waals surface area contributed by atoms with Crippen molar-refractivity contribution in [2.24, 2.45) is 0 Å². The summed E-state index contributed by atoms with van der Waals surface area (Å²) in [5.41, 5.74) is 1.78. The van der Waals surface area contributed by atoms with Crippen molar-refractivity contribution in [3.63, 3.8) is 0 Å². The summed E-state index contributed by atoms with van der Waals surface area (Å²) < 4.78 is 12.3. The van der Waals surface area contributed by atoms with Crippen LogP contribution in [0.25, 0.3) is 10.2 Å². The van der Waals surface area contributed by atoms with E-state index in [-0.39, 0.29) is 17.1 Å². The van der Waals surface area contributed by atoms with Gasteiger partial charge in [-0.25, -0.2) is 4.98 Å². The number of fused-ring (bicyclic) bond motifs is 3. The number of hydrogen-bond donors (Lipinski definition) is 0. The van der Waals surface area contributed by atoms with Gasteiger partial charge in [-0.15, -0.1) is 11.3 Å². The molecular formula is C23H26N2O4S2. The van der Waals surface area contributed by atoms with E-state index in [9.17, 15) is 9.59 Å². The van der Waals surface area contributed by atoms with Crippen LogP contribution in [0.4, 0.5) is 0 Å². The van der Waals surface area contributed by atoms with Crippen LogP contribution in [0.15, 0.2) is 34.2 Å². The van der Waals surface area contributed by atoms with Crippen molar-refractivity contribution in [3.05, 3.63) is 50.6 Å². The van der Waals surface area contributed by atoms with Crippen LogP contribution in [-0.4, -0.2) is 41.4 Å². The number of carbonyl (C=O) groups is 1. The predicted octanol–water partition coefficient (Wildman–Crippen LogP) is 4.36. The van der Waals surface area contributed by atoms with Gasteiger partial charge in [0.05, 0.1) is 30.9 Å². The Bertz CT molecular complexity index is 1140. The number of rotatable bonds is 9. The molecule has 0 saturated carbocycles. The molecule has 0 radical (unpaired) electrons. The van der Waals surface area contributed by atoms with Gasteiger partial charge in [0.2, 0.25) is 0 Å². The first-order chi connectivity index (χ1) is 15.1. The quantitative estimate of drug-likeness (QED) is 0.270. The van der Waals surface area contributed by atoms with Gasteiger partial charge in [0.25, 0.3) is 5.56 Å². The van der Waals surface area contributed by atoms with E-state index in [0.717, 1.165) is 41.6 Å². The third-order valence-electron chi connectivity index (χ3n) is 5.38. The molecule has 0 fully saturated rings. The molecule has 1 aromatic carbocycles. The number of hydrogen-bond acceptors (Lipinski definition) is 7. The predicted molar refractivity (Wildman–Crippen MR) is 125 cm³/mol. The van der Waals surface area contributed by atoms with Gasteiger partial charge in [0, 0.05) is 17.6 Å². The number of methoxy groups -OCH3 is 1. The lowest BCUT2D eigenvalue weighted by molar-refractivity contribution is 0.102. The summed E-state index contributed by atoms with van der Waals surface area (Å²) >= 11 is 2.94. The Morgan fingerprint density at radius 3 is 2.74 bits per heavy atom. The number of Topliss-reactive ketones (excluding diaryl/α,β-unsaturated/α-hetero) is 1. The normalized spacial score (nSPS) is 13.4. The van der Waals surface area contributed by atoms with Crippen molar-refractivity contribution < 1.29 is 14.3 Å². The Labute approximate surface area is 189 Å². The molecule has 8 heteroatoms. The van der Waals surface area contributed by atoms with E-state index in [1.54, 1.807) is 47.3 Å². The highest BCUT2D eigenvalue weighted by Gasteiger charge is 2.22. The van der Waals surface area contributed by atoms with Crippen molar-refractivity contribution >= 4 is 39.1 Å². The molecule has 31 heavy (non-hydrogen) atoms. The second-order valence-corrected chi connectivity index (χ2v) is 9.43. The third-order valence-corrected chi connectivity index (χ3v) is 7.54. The zero-order valence-corrected chi connectivity index (χ0v) is 19.4. The Hall–Kier alpha value is -2.16. The van der Waals surface area contributed by atoms with Gasteiger partial charge in [-0.3, -0.25) is 14.2 Å². The molecule has 6 nitrogen and oxygen atoms in total. The van der Waals surface area contributed by atoms with Gasteiger partial charge in [-0.1, -0.05) is 11.8 Å². The SMILES string of the molecule is CCOc1ccc(C(=O)CSc2nc3sc4c(c3c(=O)n2CCOC)CCCC4)cc1. The van der Waals surface area contributed by atoms with E-state index < -0.39 is 0 Å². The minimum Gasteiger partial charge on any atom is -0.494 e. The van der Waals surface area contributed by atoms with Gasteiger partial charge in [-0.2, -0.15) is 0 Å². The Morgan fingerprint density at radius 1 is 1.23 bits per heavy atom. The fourth-order valence-corrected chi connectivity index (χ4v) is 6.05. The monoisotopic (exact) mass is 458 g/mol. The van der Waals surface area contributed by atoms with Crippen LogP contribution in [0.3, 0.4) is 0 Å². The number of carbonyl (C=O) groups excluding carboxylic acids is 1. The van der Waals surface area contributed by atoms with Crippen molar-refractivity contribution in [3.8, 4) is 5.75 Å². The summed E-state index contributed by atoms with van der Waals surface area (Å²) in [4.78, 5) is 33.0. The summed E-state index contributed by atoms with van der Waals surface area (Å²) in [5.74, 6) is 0.948. The Balaban J connectivity index is 1.61. The van der Waals surface area contributed by atoms with Crippen molar-refractivity contribution in [2.75, 3.05) is 26.1 Å². The summed E-state index contributed by atoms with van der Waals surface area (Å²) in [5, 5.41) is 1.34. The first-order valence-electron chi connectivity index (χ1n) is 10.5. The smallest absolute Gasteiger partial charge is 0.263 e. The lowest BCUT2D eigenvalue weighted by Crippen LogP contribution is -2.26. The highest BCUT2D eigenvalue weighted by Crippen LogP contribution is 2.34. The van der Waals surface area contributed by atoms with Gasteiger partial charge in [0.1, 0.15) is 10.6 Å². The van der Waals surface area contributed by atoms with E-state index in [2.05, 4.69) is 0 Å². The largest absolute Gasteiger partial charge is 0.494 e. The molecular weight excluding hydrogens is 432 g/mol. The van der Waals surface area contributed by atoms with Crippen LogP contribution in [0.2, 0.25) is 0 Å². The van der Waals surface area contributed by atoms with Crippen molar-refractivity contribution in [1.29, 1.82) is 0 Å². The second-order valence-electron chi connectivity index (χ2n) is 7.40. The van der Waals surface area contributed by atoms with Gasteiger partial charge < -0.3 is 9.47 Å². The number of ether oxygens (including phenoxy) is 2. The molecule has 164 valence electrons. The average molecular weight is 459 g/mol. The average Bonchev–Trinajstić information content (AvgIpc) is 3.16. The number of nitrogens with zero attached hydrogens (tertiary/aromatic N) is 2. The molecule has 2 heterocycles. The summed E-state index contributed by atoms with van der Waals surface area (Å²) in [6.45, 7) is 3.34. The van der Waals surface area contributed by atoms with Gasteiger partial charge >= 0.3 is 0 Å². The molecule has 0 bridgehead atoms. The molecule has 0 spiro atoms. The molecule has 1 aliphatic carbocycles. The van der Waals surface area contributed by atoms with E-state index in [0.29, 0.717) is 30.5 Å². The molecule has 1 aliphatic rings. The van der Waals surface area contributed by atoms with Gasteiger partial charge in [0.15, 0.2) is 10.9 Å². The van der Waals surface area contributed by atoms with Crippen LogP contribution in [-0.2, 0) is 24.1 Å². The molecule has 0 unspecified atom stereocenters. The van der Waals surface area contributed by atoms with E-state index >= 15 is 0 Å². The minimum atomic E-state index is -0.0162. The number of ketones is 1. The maximum absolute atomic E-state index is 13.4. The number of aryl methyl sites for hydroxylation is 2. The summed E-state index contributed by atoms with van der Waals surface area (Å²) in [6.07, 6.45) is 4.24. The number of thiophene rings is 1. The standard InChI is InChI=1S/C23H26N2O4S2/c1-3-29-16-10-8-15(9-11-16)18(26)14-30-23-24-21-20(22(27)25(23)12-13-28-2)17-6-4-5-7-19(17)31-21/h8-11H,3-7,12-14H2,1-2H3. The molecule has 0 saturated heterocycles. The lowest BCUT2D eigenvalue weighted by Gasteiger charge is -2.13. The molecule has 3 aromatic rings. The fourth-order valence-electron chi connectivity index (χ4n) is 3.83. The molecule has 0 aliphatic heterocycles. The highest BCUT2D eigenvalue weighted by molar-refractivity contribution is 7.99. The molecule has 2 aromatic heterocycles. The Kier molecular flexibility index (Phi) is 7.09. The van der Waals surface area contributed by atoms with Crippen LogP contribution < -0.4 is 10.3 Å². The summed E-state index contributed by atoms with van der Waals surface area (Å²) in [7, 11) is 1.62. The highest BCUT2D eigenvalue weighted by atomic mass is 32.2. The van der Waals surface area contributed by atoms with Crippen LogP contribution in [0.1, 0.15) is 40.6 Å². The zero-order chi connectivity index (χ0) is 21.8. The van der Waals surface area contributed by atoms with E-state index in [4.69, 9.17) is 14.5 Å². The second kappa shape index (κ2) is 9.97. The Morgan fingerprint density at radius 2 is 2.00 bits per heavy atom. The van der Waals surface area contributed by atoms with Crippen LogP contribution in [0, 0.1) is 0 Å². The molecule has 0 N–H and O–H groups in total. The van der Waals surface area contributed by atoms with Crippen molar-refractivity contribution in [2.45, 2.75) is 44.3 Å². The zero-order valence-electron chi connectivity index (χ0n) is 17.8. The third kappa shape index (κ3) is 4.71. The maximum Gasteiger partial charge on any atom is 0.263 e. The van der Waals surface area contributed by atoms with E-state index in [1.165, 1.54) is 22.2 Å². The van der Waals surface area contributed by atoms with Crippen LogP contribution in [0.5, 0.6) is 5.75 Å². The maximum atomic E-state index is 13.4. The van der Waals surface area contributed by atoms with Gasteiger partial charge in [-0.05, 0) is 62.4 Å². The number of thioether (sulfide) groups is 1. The lowest BCUT2D eigenvalue weighted by atomic mass is 9.97. The number of aromatic nitrogens is 2. The first-order valence-corrected chi connectivity index (χ1v) is 12.4. The fraction of sp³-hybridized carbons (Fsp3) is 0.435.